The zero-order valence-corrected chi connectivity index (χ0v) is 12.2. The molecule has 1 aromatic carbocycles. The van der Waals surface area contributed by atoms with Crippen LogP contribution in [-0.4, -0.2) is 30.1 Å². The Balaban J connectivity index is 0.00000147. The van der Waals surface area contributed by atoms with E-state index < -0.39 is 0 Å². The van der Waals surface area contributed by atoms with Crippen LogP contribution in [0, 0.1) is 11.8 Å². The fraction of sp³-hybridized carbons (Fsp3) is 0.533. The van der Waals surface area contributed by atoms with Crippen LogP contribution >= 0.6 is 12.4 Å². The molecule has 4 nitrogen and oxygen atoms in total. The molecule has 0 radical (unpaired) electrons. The van der Waals surface area contributed by atoms with Crippen molar-refractivity contribution in [3.8, 4) is 0 Å². The number of ether oxygens (including phenoxy) is 1. The summed E-state index contributed by atoms with van der Waals surface area (Å²) in [7, 11) is 0. The molecule has 2 fully saturated rings. The van der Waals surface area contributed by atoms with Crippen LogP contribution in [0.4, 0.5) is 4.79 Å². The zero-order valence-electron chi connectivity index (χ0n) is 11.4. The number of rotatable bonds is 2. The number of likely N-dealkylation sites (tertiary alicyclic amines) is 1. The van der Waals surface area contributed by atoms with E-state index in [1.807, 2.05) is 35.2 Å². The van der Waals surface area contributed by atoms with Gasteiger partial charge in [0.05, 0.1) is 0 Å². The zero-order chi connectivity index (χ0) is 13.2. The third kappa shape index (κ3) is 3.25. The number of carbonyl (C=O) groups excluding carboxylic acids is 1. The number of amides is 1. The van der Waals surface area contributed by atoms with Gasteiger partial charge in [-0.3, -0.25) is 0 Å². The molecule has 1 saturated heterocycles. The number of hydrogen-bond acceptors (Lipinski definition) is 3. The van der Waals surface area contributed by atoms with E-state index in [4.69, 9.17) is 10.5 Å². The van der Waals surface area contributed by atoms with Gasteiger partial charge in [-0.1, -0.05) is 30.3 Å². The lowest BCUT2D eigenvalue weighted by atomic mass is 10.2. The van der Waals surface area contributed by atoms with Gasteiger partial charge in [0.25, 0.3) is 0 Å². The van der Waals surface area contributed by atoms with Gasteiger partial charge in [0.15, 0.2) is 0 Å². The van der Waals surface area contributed by atoms with Gasteiger partial charge in [-0.05, 0) is 30.2 Å². The summed E-state index contributed by atoms with van der Waals surface area (Å²) >= 11 is 0. The minimum Gasteiger partial charge on any atom is -0.445 e. The maximum Gasteiger partial charge on any atom is 0.410 e. The Morgan fingerprint density at radius 3 is 2.40 bits per heavy atom. The van der Waals surface area contributed by atoms with Crippen LogP contribution in [0.1, 0.15) is 18.4 Å². The average molecular weight is 297 g/mol. The maximum absolute atomic E-state index is 12.0. The van der Waals surface area contributed by atoms with Crippen molar-refractivity contribution >= 4 is 18.5 Å². The predicted molar refractivity (Wildman–Crippen MR) is 79.6 cm³/mol. The second-order valence-electron chi connectivity index (χ2n) is 5.51. The number of fused-ring (bicyclic) bond motifs is 1. The molecule has 1 heterocycles. The standard InChI is InChI=1S/C15H20N2O2.ClH/c16-14-12-6-8-17(9-7-13(12)14)15(18)19-10-11-4-2-1-3-5-11;/h1-5,12-14H,6-10,16H2;1H/t12-,13?,14?;/m1./s1. The van der Waals surface area contributed by atoms with Crippen LogP contribution in [0.5, 0.6) is 0 Å². The van der Waals surface area contributed by atoms with Crippen LogP contribution in [-0.2, 0) is 11.3 Å². The van der Waals surface area contributed by atoms with Crippen molar-refractivity contribution < 1.29 is 9.53 Å². The smallest absolute Gasteiger partial charge is 0.410 e. The first-order valence-electron chi connectivity index (χ1n) is 6.97. The Bertz CT molecular complexity index is 440. The first-order chi connectivity index (χ1) is 9.25. The quantitative estimate of drug-likeness (QED) is 0.912. The van der Waals surface area contributed by atoms with Gasteiger partial charge >= 0.3 is 6.09 Å². The molecule has 0 bridgehead atoms. The van der Waals surface area contributed by atoms with Gasteiger partial charge in [-0.2, -0.15) is 0 Å². The predicted octanol–water partition coefficient (Wildman–Crippen LogP) is 2.41. The first-order valence-corrected chi connectivity index (χ1v) is 6.97. The molecule has 1 aliphatic heterocycles. The Kier molecular flexibility index (Phi) is 4.89. The highest BCUT2D eigenvalue weighted by Gasteiger charge is 2.48. The third-order valence-electron chi connectivity index (χ3n) is 4.33. The lowest BCUT2D eigenvalue weighted by Gasteiger charge is -2.20. The van der Waals surface area contributed by atoms with E-state index in [0.717, 1.165) is 31.5 Å². The highest BCUT2D eigenvalue weighted by atomic mass is 35.5. The largest absolute Gasteiger partial charge is 0.445 e. The van der Waals surface area contributed by atoms with E-state index in [2.05, 4.69) is 0 Å². The maximum atomic E-state index is 12.0. The van der Waals surface area contributed by atoms with Crippen molar-refractivity contribution in [2.45, 2.75) is 25.5 Å². The number of nitrogens with two attached hydrogens (primary N) is 1. The first kappa shape index (κ1) is 15.1. The molecule has 1 aromatic rings. The van der Waals surface area contributed by atoms with Gasteiger partial charge in [-0.25, -0.2) is 4.79 Å². The molecule has 2 aliphatic rings. The average Bonchev–Trinajstić information content (AvgIpc) is 3.12. The van der Waals surface area contributed by atoms with Crippen LogP contribution in [0.25, 0.3) is 0 Å². The fourth-order valence-corrected chi connectivity index (χ4v) is 3.00. The van der Waals surface area contributed by atoms with Gasteiger partial charge in [0, 0.05) is 19.1 Å². The summed E-state index contributed by atoms with van der Waals surface area (Å²) in [6.45, 7) is 1.91. The number of hydrogen-bond donors (Lipinski definition) is 1. The lowest BCUT2D eigenvalue weighted by molar-refractivity contribution is 0.0962. The molecule has 1 aliphatic carbocycles. The second kappa shape index (κ2) is 6.46. The van der Waals surface area contributed by atoms with E-state index in [1.165, 1.54) is 0 Å². The summed E-state index contributed by atoms with van der Waals surface area (Å²) in [5, 5.41) is 0. The highest BCUT2D eigenvalue weighted by Crippen LogP contribution is 2.44. The summed E-state index contributed by atoms with van der Waals surface area (Å²) in [4.78, 5) is 13.8. The summed E-state index contributed by atoms with van der Waals surface area (Å²) in [6.07, 6.45) is 1.84. The summed E-state index contributed by atoms with van der Waals surface area (Å²) < 4.78 is 5.36. The van der Waals surface area contributed by atoms with E-state index in [9.17, 15) is 4.79 Å². The molecule has 0 aromatic heterocycles. The van der Waals surface area contributed by atoms with E-state index in [-0.39, 0.29) is 18.5 Å². The number of nitrogens with zero attached hydrogens (tertiary/aromatic N) is 1. The highest BCUT2D eigenvalue weighted by molar-refractivity contribution is 5.85. The Labute approximate surface area is 125 Å². The molecule has 20 heavy (non-hydrogen) atoms. The molecule has 110 valence electrons. The minimum absolute atomic E-state index is 0. The van der Waals surface area contributed by atoms with Crippen LogP contribution in [0.3, 0.4) is 0 Å². The number of carbonyl (C=O) groups is 1. The van der Waals surface area contributed by atoms with E-state index in [1.54, 1.807) is 0 Å². The summed E-state index contributed by atoms with van der Waals surface area (Å²) in [5.41, 5.74) is 6.99. The Morgan fingerprint density at radius 1 is 1.20 bits per heavy atom. The number of benzene rings is 1. The molecular formula is C15H21ClN2O2. The Morgan fingerprint density at radius 2 is 1.80 bits per heavy atom. The molecule has 2 unspecified atom stereocenters. The molecule has 3 rings (SSSR count). The molecule has 1 saturated carbocycles. The van der Waals surface area contributed by atoms with Crippen LogP contribution < -0.4 is 5.73 Å². The van der Waals surface area contributed by atoms with Crippen molar-refractivity contribution in [1.82, 2.24) is 4.90 Å². The van der Waals surface area contributed by atoms with Crippen LogP contribution in [0.2, 0.25) is 0 Å². The summed E-state index contributed by atoms with van der Waals surface area (Å²) in [6, 6.07) is 10.2. The number of halogens is 1. The van der Waals surface area contributed by atoms with Crippen LogP contribution in [0.15, 0.2) is 30.3 Å². The molecular weight excluding hydrogens is 276 g/mol. The molecule has 0 spiro atoms. The van der Waals surface area contributed by atoms with Crippen molar-refractivity contribution in [2.75, 3.05) is 13.1 Å². The fourth-order valence-electron chi connectivity index (χ4n) is 3.00. The summed E-state index contributed by atoms with van der Waals surface area (Å²) in [5.74, 6) is 1.26. The van der Waals surface area contributed by atoms with E-state index in [0.29, 0.717) is 24.5 Å². The van der Waals surface area contributed by atoms with Crippen molar-refractivity contribution in [3.05, 3.63) is 35.9 Å². The van der Waals surface area contributed by atoms with Gasteiger partial charge in [0.2, 0.25) is 0 Å². The SMILES string of the molecule is Cl.NC1C2CCN(C(=O)OCc3ccccc3)CC[C@@H]12. The van der Waals surface area contributed by atoms with E-state index >= 15 is 0 Å². The van der Waals surface area contributed by atoms with Gasteiger partial charge in [-0.15, -0.1) is 12.4 Å². The topological polar surface area (TPSA) is 55.6 Å². The molecule has 1 amide bonds. The second-order valence-corrected chi connectivity index (χ2v) is 5.51. The molecule has 3 atom stereocenters. The van der Waals surface area contributed by atoms with Crippen molar-refractivity contribution in [2.24, 2.45) is 17.6 Å². The van der Waals surface area contributed by atoms with Gasteiger partial charge < -0.3 is 15.4 Å². The molecule has 2 N–H and O–H groups in total. The van der Waals surface area contributed by atoms with Crippen molar-refractivity contribution in [3.63, 3.8) is 0 Å². The third-order valence-corrected chi connectivity index (χ3v) is 4.33. The lowest BCUT2D eigenvalue weighted by Crippen LogP contribution is -2.33. The molecule has 5 heteroatoms. The van der Waals surface area contributed by atoms with Crippen molar-refractivity contribution in [1.29, 1.82) is 0 Å². The van der Waals surface area contributed by atoms with Gasteiger partial charge in [0.1, 0.15) is 6.61 Å². The Hall–Kier alpha value is -1.26. The normalized spacial score (nSPS) is 27.9. The minimum atomic E-state index is -0.196. The monoisotopic (exact) mass is 296 g/mol.